The van der Waals surface area contributed by atoms with Crippen LogP contribution in [-0.4, -0.2) is 58.1 Å². The van der Waals surface area contributed by atoms with Crippen LogP contribution in [0.15, 0.2) is 0 Å². The number of nitrogens with zero attached hydrogens (tertiary/aromatic N) is 3. The maximum atomic E-state index is 8.25. The molecule has 0 unspecified atom stereocenters. The summed E-state index contributed by atoms with van der Waals surface area (Å²) in [5.41, 5.74) is 0. The fourth-order valence-electron chi connectivity index (χ4n) is 0.0913. The summed E-state index contributed by atoms with van der Waals surface area (Å²) in [5.74, 6) is 0. The Hall–Kier alpha value is -1.95. The molecule has 0 aromatic carbocycles. The first kappa shape index (κ1) is 29.8. The maximum absolute atomic E-state index is 8.25. The fourth-order valence-corrected chi connectivity index (χ4v) is 0.0913. The number of methoxy groups -OCH3 is 1. The van der Waals surface area contributed by atoms with Crippen molar-refractivity contribution in [1.82, 2.24) is 0 Å². The first-order valence-electron chi connectivity index (χ1n) is 3.16. The Morgan fingerprint density at radius 1 is 0.889 bits per heavy atom. The molecule has 0 aliphatic carbocycles. The van der Waals surface area contributed by atoms with Crippen LogP contribution in [0.4, 0.5) is 0 Å². The van der Waals surface area contributed by atoms with E-state index in [1.165, 1.54) is 0 Å². The van der Waals surface area contributed by atoms with Crippen LogP contribution in [0.2, 0.25) is 0 Å². The molecule has 0 aliphatic heterocycles. The van der Waals surface area contributed by atoms with E-state index >= 15 is 0 Å². The van der Waals surface area contributed by atoms with Gasteiger partial charge in [-0.25, -0.2) is 0 Å². The normalized spacial score (nSPS) is 6.33. The van der Waals surface area contributed by atoms with Crippen LogP contribution in [0, 0.1) is 46.0 Å². The second-order valence-electron chi connectivity index (χ2n) is 1.39. The smallest absolute Gasteiger partial charge is 0.394 e. The van der Waals surface area contributed by atoms with Gasteiger partial charge in [0.15, 0.2) is 0 Å². The molecule has 14 nitrogen and oxygen atoms in total. The van der Waals surface area contributed by atoms with Crippen LogP contribution in [0.25, 0.3) is 0 Å². The number of hydrogen-bond acceptors (Lipinski definition) is 11. The first-order valence-corrected chi connectivity index (χ1v) is 3.16. The van der Waals surface area contributed by atoms with Gasteiger partial charge in [0.2, 0.25) is 0 Å². The van der Waals surface area contributed by atoms with Crippen molar-refractivity contribution >= 4 is 17.4 Å². The van der Waals surface area contributed by atoms with E-state index in [4.69, 9.17) is 51.1 Å². The third-order valence-corrected chi connectivity index (χ3v) is 0.295. The summed E-state index contributed by atoms with van der Waals surface area (Å²) >= 11 is 0. The van der Waals surface area contributed by atoms with Gasteiger partial charge in [-0.15, -0.1) is 0 Å². The molecule has 0 heterocycles. The summed E-state index contributed by atoms with van der Waals surface area (Å²) in [6.07, 6.45) is 0. The standard InChI is InChI=1S/C3H8O2.Al.3NO3/c1-5-3-2-4;;3*2-1(3)4/h4H,2-3H2,1H3;;;;/q;+3;3*-1. The molecule has 0 aromatic rings. The van der Waals surface area contributed by atoms with Gasteiger partial charge in [-0.05, 0) is 0 Å². The third kappa shape index (κ3) is 870000. The number of rotatable bonds is 2. The van der Waals surface area contributed by atoms with E-state index in [1.807, 2.05) is 0 Å². The van der Waals surface area contributed by atoms with Crippen molar-refractivity contribution in [2.75, 3.05) is 20.3 Å². The molecular weight excluding hydrogens is 281 g/mol. The second-order valence-corrected chi connectivity index (χ2v) is 1.39. The van der Waals surface area contributed by atoms with Gasteiger partial charge >= 0.3 is 17.4 Å². The van der Waals surface area contributed by atoms with Gasteiger partial charge in [0, 0.05) is 7.11 Å². The molecule has 0 rings (SSSR count). The first-order chi connectivity index (χ1) is 7.61. The predicted molar refractivity (Wildman–Crippen MR) is 55.8 cm³/mol. The van der Waals surface area contributed by atoms with E-state index in [9.17, 15) is 0 Å². The monoisotopic (exact) mass is 289 g/mol. The fraction of sp³-hybridized carbons (Fsp3) is 1.00. The molecule has 0 atom stereocenters. The zero-order chi connectivity index (χ0) is 14.9. The molecule has 0 radical (unpaired) electrons. The summed E-state index contributed by atoms with van der Waals surface area (Å²) in [6.45, 7) is 0.566. The van der Waals surface area contributed by atoms with Crippen molar-refractivity contribution in [1.29, 1.82) is 0 Å². The van der Waals surface area contributed by atoms with Crippen LogP contribution in [0.3, 0.4) is 0 Å². The molecule has 0 aliphatic rings. The summed E-state index contributed by atoms with van der Waals surface area (Å²) in [6, 6.07) is 0. The van der Waals surface area contributed by atoms with Crippen LogP contribution >= 0.6 is 0 Å². The molecule has 0 spiro atoms. The van der Waals surface area contributed by atoms with E-state index in [2.05, 4.69) is 4.74 Å². The molecule has 104 valence electrons. The number of hydrogen-bond donors (Lipinski definition) is 1. The van der Waals surface area contributed by atoms with Gasteiger partial charge in [-0.2, -0.15) is 0 Å². The summed E-state index contributed by atoms with van der Waals surface area (Å²) < 4.78 is 4.44. The van der Waals surface area contributed by atoms with Crippen molar-refractivity contribution in [2.45, 2.75) is 0 Å². The maximum Gasteiger partial charge on any atom is 3.00 e. The molecular formula is C3H8AlN3O11. The molecule has 0 amide bonds. The zero-order valence-electron chi connectivity index (χ0n) is 8.86. The minimum absolute atomic E-state index is 0. The van der Waals surface area contributed by atoms with E-state index in [0.29, 0.717) is 6.61 Å². The Morgan fingerprint density at radius 2 is 1.06 bits per heavy atom. The molecule has 15 heteroatoms. The molecule has 18 heavy (non-hydrogen) atoms. The van der Waals surface area contributed by atoms with Gasteiger partial charge in [0.05, 0.1) is 28.5 Å². The van der Waals surface area contributed by atoms with Crippen LogP contribution in [-0.2, 0) is 4.74 Å². The van der Waals surface area contributed by atoms with Crippen LogP contribution < -0.4 is 0 Å². The Balaban J connectivity index is -0.0000000412. The Bertz CT molecular complexity index is 157. The molecule has 1 N–H and O–H groups in total. The van der Waals surface area contributed by atoms with Crippen molar-refractivity contribution in [3.63, 3.8) is 0 Å². The number of aliphatic hydroxyl groups excluding tert-OH is 1. The van der Waals surface area contributed by atoms with Gasteiger partial charge in [0.25, 0.3) is 0 Å². The van der Waals surface area contributed by atoms with E-state index < -0.39 is 15.3 Å². The van der Waals surface area contributed by atoms with Crippen molar-refractivity contribution in [3.05, 3.63) is 46.0 Å². The van der Waals surface area contributed by atoms with Crippen molar-refractivity contribution < 1.29 is 25.1 Å². The van der Waals surface area contributed by atoms with Gasteiger partial charge in [-0.1, -0.05) is 0 Å². The van der Waals surface area contributed by atoms with Crippen LogP contribution in [0.5, 0.6) is 0 Å². The van der Waals surface area contributed by atoms with Gasteiger partial charge < -0.3 is 55.8 Å². The average molecular weight is 289 g/mol. The molecule has 0 bridgehead atoms. The molecule has 0 saturated heterocycles. The van der Waals surface area contributed by atoms with E-state index in [-0.39, 0.29) is 24.0 Å². The molecule has 0 aromatic heterocycles. The third-order valence-electron chi connectivity index (χ3n) is 0.295. The average Bonchev–Trinajstić information content (AvgIpc) is 2.01. The SMILES string of the molecule is COCCO.O=[N+]([O-])[O-].O=[N+]([O-])[O-].O=[N+]([O-])[O-].[Al+3]. The summed E-state index contributed by atoms with van der Waals surface area (Å²) in [5, 5.41) is 52.2. The Kier molecular flexibility index (Phi) is 48.7. The van der Waals surface area contributed by atoms with Gasteiger partial charge in [0.1, 0.15) is 0 Å². The largest absolute Gasteiger partial charge is 3.00 e. The quantitative estimate of drug-likeness (QED) is 0.350. The van der Waals surface area contributed by atoms with Crippen molar-refractivity contribution in [2.24, 2.45) is 0 Å². The van der Waals surface area contributed by atoms with Crippen molar-refractivity contribution in [3.8, 4) is 0 Å². The zero-order valence-corrected chi connectivity index (χ0v) is 10.0. The Labute approximate surface area is 109 Å². The predicted octanol–water partition coefficient (Wildman–Crippen LogP) is -1.47. The minimum Gasteiger partial charge on any atom is -0.394 e. The Morgan fingerprint density at radius 3 is 1.06 bits per heavy atom. The van der Waals surface area contributed by atoms with Crippen LogP contribution in [0.1, 0.15) is 0 Å². The summed E-state index contributed by atoms with van der Waals surface area (Å²) in [7, 11) is 1.55. The number of ether oxygens (including phenoxy) is 1. The topological polar surface area (TPSA) is 228 Å². The van der Waals surface area contributed by atoms with E-state index in [1.54, 1.807) is 7.11 Å². The summed E-state index contributed by atoms with van der Waals surface area (Å²) in [4.78, 5) is 24.8. The molecule has 0 saturated carbocycles. The van der Waals surface area contributed by atoms with E-state index in [0.717, 1.165) is 0 Å². The second kappa shape index (κ2) is 29.4. The number of aliphatic hydroxyl groups is 1. The minimum atomic E-state index is -1.75. The molecule has 0 fully saturated rings. The van der Waals surface area contributed by atoms with Gasteiger partial charge in [-0.3, -0.25) is 0 Å².